The molecule has 0 unspecified atom stereocenters. The van der Waals surface area contributed by atoms with Crippen molar-refractivity contribution in [1.29, 1.82) is 0 Å². The molecule has 90 valence electrons. The average molecular weight is 229 g/mol. The van der Waals surface area contributed by atoms with Crippen LogP contribution in [-0.4, -0.2) is 57.1 Å². The summed E-state index contributed by atoms with van der Waals surface area (Å²) in [5.41, 5.74) is 0. The van der Waals surface area contributed by atoms with Gasteiger partial charge in [-0.25, -0.2) is 4.79 Å². The summed E-state index contributed by atoms with van der Waals surface area (Å²) < 4.78 is 16.0. The Kier molecular flexibility index (Phi) is 5.00. The van der Waals surface area contributed by atoms with Crippen molar-refractivity contribution in [2.24, 2.45) is 0 Å². The Labute approximate surface area is 83.3 Å². The zero-order chi connectivity index (χ0) is 10.9. The van der Waals surface area contributed by atoms with E-state index in [1.807, 2.05) is 0 Å². The highest BCUT2D eigenvalue weighted by Crippen LogP contribution is 2.22. The van der Waals surface area contributed by atoms with Gasteiger partial charge >= 0.3 is 5.97 Å². The zero-order valence-corrected chi connectivity index (χ0v) is 7.49. The number of hydrogen-bond acceptors (Lipinski definition) is 7. The predicted octanol–water partition coefficient (Wildman–Crippen LogP) is -2.06. The number of aliphatic carboxylic acids is 1. The van der Waals surface area contributed by atoms with E-state index < -0.39 is 36.7 Å². The SMILES string of the molecule is N.O=C(O)[C@H]1O[C@H](OF)[C@H](O)[C@@H](O)[C@@H]1O. The third kappa shape index (κ3) is 2.59. The van der Waals surface area contributed by atoms with Crippen LogP contribution >= 0.6 is 0 Å². The van der Waals surface area contributed by atoms with Gasteiger partial charge in [-0.2, -0.15) is 4.94 Å². The second-order valence-electron chi connectivity index (χ2n) is 2.82. The fraction of sp³-hybridized carbons (Fsp3) is 0.833. The van der Waals surface area contributed by atoms with Crippen molar-refractivity contribution >= 4 is 5.97 Å². The highest BCUT2D eigenvalue weighted by atomic mass is 19.3. The first-order chi connectivity index (χ1) is 6.49. The Morgan fingerprint density at radius 1 is 1.20 bits per heavy atom. The standard InChI is InChI=1S/C6H9FO7.H3N/c7-14-6-3(10)1(8)2(9)4(13-6)5(11)12;/h1-4,6,8-10H,(H,11,12);1H3/t1-,2-,3+,4-,6+;/m0./s1. The molecule has 0 aromatic heterocycles. The molecule has 0 bridgehead atoms. The van der Waals surface area contributed by atoms with Crippen molar-refractivity contribution < 1.29 is 39.4 Å². The van der Waals surface area contributed by atoms with Crippen LogP contribution in [0.1, 0.15) is 0 Å². The predicted molar refractivity (Wildman–Crippen MR) is 41.5 cm³/mol. The van der Waals surface area contributed by atoms with Gasteiger partial charge in [-0.1, -0.05) is 0 Å². The zero-order valence-electron chi connectivity index (χ0n) is 7.49. The minimum absolute atomic E-state index is 0. The number of aliphatic hydroxyl groups excluding tert-OH is 3. The minimum Gasteiger partial charge on any atom is -0.479 e. The number of carboxylic acid groups (broad SMARTS) is 1. The normalized spacial score (nSPS) is 40.7. The molecule has 7 N–H and O–H groups in total. The molecule has 0 saturated carbocycles. The summed E-state index contributed by atoms with van der Waals surface area (Å²) in [5.74, 6) is -1.59. The molecule has 15 heavy (non-hydrogen) atoms. The fourth-order valence-corrected chi connectivity index (χ4v) is 1.13. The van der Waals surface area contributed by atoms with Crippen LogP contribution in [0.3, 0.4) is 0 Å². The topological polar surface area (TPSA) is 151 Å². The van der Waals surface area contributed by atoms with Gasteiger partial charge in [0.15, 0.2) is 6.10 Å². The molecule has 0 spiro atoms. The van der Waals surface area contributed by atoms with Crippen molar-refractivity contribution in [2.75, 3.05) is 0 Å². The Morgan fingerprint density at radius 3 is 2.13 bits per heavy atom. The smallest absolute Gasteiger partial charge is 0.335 e. The first-order valence-corrected chi connectivity index (χ1v) is 3.69. The monoisotopic (exact) mass is 229 g/mol. The maximum Gasteiger partial charge on any atom is 0.335 e. The quantitative estimate of drug-likeness (QED) is 0.362. The van der Waals surface area contributed by atoms with E-state index in [-0.39, 0.29) is 6.15 Å². The van der Waals surface area contributed by atoms with Gasteiger partial charge in [-0.05, 0) is 4.53 Å². The van der Waals surface area contributed by atoms with Gasteiger partial charge in [0.2, 0.25) is 6.29 Å². The number of carbonyl (C=O) groups is 1. The summed E-state index contributed by atoms with van der Waals surface area (Å²) >= 11 is 0. The highest BCUT2D eigenvalue weighted by molar-refractivity contribution is 5.73. The Balaban J connectivity index is 0.00000196. The third-order valence-corrected chi connectivity index (χ3v) is 1.90. The van der Waals surface area contributed by atoms with E-state index in [4.69, 9.17) is 20.4 Å². The Morgan fingerprint density at radius 2 is 1.73 bits per heavy atom. The van der Waals surface area contributed by atoms with Crippen LogP contribution in [0, 0.1) is 0 Å². The van der Waals surface area contributed by atoms with Gasteiger partial charge in [0.25, 0.3) is 0 Å². The first-order valence-electron chi connectivity index (χ1n) is 3.69. The maximum atomic E-state index is 11.7. The molecule has 1 aliphatic heterocycles. The van der Waals surface area contributed by atoms with Crippen molar-refractivity contribution in [1.82, 2.24) is 6.15 Å². The van der Waals surface area contributed by atoms with Crippen LogP contribution in [0.2, 0.25) is 0 Å². The van der Waals surface area contributed by atoms with Crippen LogP contribution in [0.4, 0.5) is 4.53 Å². The lowest BCUT2D eigenvalue weighted by atomic mass is 9.99. The molecule has 8 nitrogen and oxygen atoms in total. The summed E-state index contributed by atoms with van der Waals surface area (Å²) in [7, 11) is 0. The van der Waals surface area contributed by atoms with Gasteiger partial charge in [-0.3, -0.25) is 0 Å². The summed E-state index contributed by atoms with van der Waals surface area (Å²) in [6.45, 7) is 0. The van der Waals surface area contributed by atoms with Gasteiger partial charge in [0.05, 0.1) is 0 Å². The van der Waals surface area contributed by atoms with Gasteiger partial charge in [-0.15, -0.1) is 0 Å². The van der Waals surface area contributed by atoms with Gasteiger partial charge < -0.3 is 31.3 Å². The van der Waals surface area contributed by atoms with Crippen LogP contribution < -0.4 is 6.15 Å². The van der Waals surface area contributed by atoms with Crippen molar-refractivity contribution in [2.45, 2.75) is 30.7 Å². The van der Waals surface area contributed by atoms with Gasteiger partial charge in [0, 0.05) is 0 Å². The summed E-state index contributed by atoms with van der Waals surface area (Å²) in [6.07, 6.45) is -9.28. The number of carboxylic acids is 1. The average Bonchev–Trinajstić information content (AvgIpc) is 2.14. The molecule has 5 atom stereocenters. The number of aliphatic hydroxyl groups is 3. The number of halogens is 1. The number of rotatable bonds is 2. The van der Waals surface area contributed by atoms with Crippen LogP contribution in [0.15, 0.2) is 0 Å². The largest absolute Gasteiger partial charge is 0.479 e. The van der Waals surface area contributed by atoms with E-state index in [2.05, 4.69) is 9.68 Å². The molecule has 1 saturated heterocycles. The first kappa shape index (κ1) is 14.2. The lowest BCUT2D eigenvalue weighted by Crippen LogP contribution is -2.59. The summed E-state index contributed by atoms with van der Waals surface area (Å²) in [5, 5.41) is 35.7. The Bertz CT molecular complexity index is 226. The number of hydrogen-bond donors (Lipinski definition) is 5. The molecule has 1 rings (SSSR count). The second-order valence-corrected chi connectivity index (χ2v) is 2.82. The molecule has 0 amide bonds. The van der Waals surface area contributed by atoms with Crippen molar-refractivity contribution in [3.8, 4) is 0 Å². The third-order valence-electron chi connectivity index (χ3n) is 1.90. The molecule has 0 aromatic rings. The molecule has 0 aliphatic carbocycles. The summed E-state index contributed by atoms with van der Waals surface area (Å²) in [4.78, 5) is 13.5. The Hall–Kier alpha value is -0.840. The minimum atomic E-state index is -1.92. The molecule has 0 radical (unpaired) electrons. The lowest BCUT2D eigenvalue weighted by Gasteiger charge is -2.36. The highest BCUT2D eigenvalue weighted by Gasteiger charge is 2.48. The van der Waals surface area contributed by atoms with E-state index in [0.29, 0.717) is 0 Å². The van der Waals surface area contributed by atoms with Gasteiger partial charge in [0.1, 0.15) is 18.3 Å². The lowest BCUT2D eigenvalue weighted by molar-refractivity contribution is -0.355. The van der Waals surface area contributed by atoms with E-state index in [0.717, 1.165) is 0 Å². The van der Waals surface area contributed by atoms with Crippen LogP contribution in [-0.2, 0) is 14.5 Å². The fourth-order valence-electron chi connectivity index (χ4n) is 1.13. The van der Waals surface area contributed by atoms with E-state index in [1.54, 1.807) is 0 Å². The molecule has 1 fully saturated rings. The molecular formula is C6H12FNO7. The van der Waals surface area contributed by atoms with E-state index >= 15 is 0 Å². The van der Waals surface area contributed by atoms with E-state index in [1.165, 1.54) is 0 Å². The maximum absolute atomic E-state index is 11.7. The molecule has 9 heteroatoms. The number of ether oxygens (including phenoxy) is 1. The molecule has 1 heterocycles. The molecule has 0 aromatic carbocycles. The second kappa shape index (κ2) is 5.30. The molecule has 1 aliphatic rings. The van der Waals surface area contributed by atoms with Crippen LogP contribution in [0.25, 0.3) is 0 Å². The molecular weight excluding hydrogens is 217 g/mol. The summed E-state index contributed by atoms with van der Waals surface area (Å²) in [6, 6.07) is 0. The van der Waals surface area contributed by atoms with Crippen molar-refractivity contribution in [3.05, 3.63) is 0 Å². The van der Waals surface area contributed by atoms with Crippen molar-refractivity contribution in [3.63, 3.8) is 0 Å². The van der Waals surface area contributed by atoms with Crippen LogP contribution in [0.5, 0.6) is 0 Å². The van der Waals surface area contributed by atoms with E-state index in [9.17, 15) is 9.32 Å².